The van der Waals surface area contributed by atoms with Crippen LogP contribution in [-0.2, 0) is 24.3 Å². The summed E-state index contributed by atoms with van der Waals surface area (Å²) in [7, 11) is -4.17. The van der Waals surface area contributed by atoms with Gasteiger partial charge in [-0.2, -0.15) is 0 Å². The maximum atomic E-state index is 13.2. The van der Waals surface area contributed by atoms with Gasteiger partial charge >= 0.3 is 11.9 Å². The van der Waals surface area contributed by atoms with Gasteiger partial charge in [-0.1, -0.05) is 0 Å². The van der Waals surface area contributed by atoms with Gasteiger partial charge in [0.15, 0.2) is 18.2 Å². The number of sulfonamides is 1. The van der Waals surface area contributed by atoms with Crippen molar-refractivity contribution in [3.05, 3.63) is 52.3 Å². The number of benzene rings is 1. The molecule has 0 unspecified atom stereocenters. The van der Waals surface area contributed by atoms with Gasteiger partial charge in [0.05, 0.1) is 29.2 Å². The van der Waals surface area contributed by atoms with E-state index in [1.54, 1.807) is 20.8 Å². The van der Waals surface area contributed by atoms with E-state index in [1.807, 2.05) is 0 Å². The summed E-state index contributed by atoms with van der Waals surface area (Å²) in [6.45, 7) is 3.96. The standard InChI is InChI=1S/C20H22F2N2O7S/c1-4-30-20(27)18-11(2)19(24-12(18)3)16(25)10-31-17(26)7-8-23-32(28,29)13-5-6-14(21)15(22)9-13/h5-6,9,23-24H,4,7-8,10H2,1-3H3. The number of halogens is 2. The molecule has 2 aromatic rings. The number of aromatic nitrogens is 1. The molecule has 32 heavy (non-hydrogen) atoms. The lowest BCUT2D eigenvalue weighted by Crippen LogP contribution is -2.27. The summed E-state index contributed by atoms with van der Waals surface area (Å²) < 4.78 is 62.1. The van der Waals surface area contributed by atoms with Gasteiger partial charge in [0, 0.05) is 12.2 Å². The van der Waals surface area contributed by atoms with Crippen LogP contribution in [0.5, 0.6) is 0 Å². The molecule has 1 heterocycles. The lowest BCUT2D eigenvalue weighted by molar-refractivity contribution is -0.142. The van der Waals surface area contributed by atoms with Crippen LogP contribution in [0.1, 0.15) is 45.4 Å². The molecule has 174 valence electrons. The minimum atomic E-state index is -4.17. The summed E-state index contributed by atoms with van der Waals surface area (Å²) in [5, 5.41) is 0. The Hall–Kier alpha value is -3.12. The first-order valence-electron chi connectivity index (χ1n) is 9.47. The van der Waals surface area contributed by atoms with Crippen LogP contribution in [0.25, 0.3) is 0 Å². The van der Waals surface area contributed by atoms with Crippen molar-refractivity contribution in [1.82, 2.24) is 9.71 Å². The number of hydrogen-bond acceptors (Lipinski definition) is 7. The summed E-state index contributed by atoms with van der Waals surface area (Å²) in [4.78, 5) is 38.5. The molecule has 0 aliphatic heterocycles. The molecule has 9 nitrogen and oxygen atoms in total. The molecule has 1 aromatic carbocycles. The highest BCUT2D eigenvalue weighted by Crippen LogP contribution is 2.19. The third kappa shape index (κ3) is 5.98. The Bertz CT molecular complexity index is 1140. The molecule has 12 heteroatoms. The maximum absolute atomic E-state index is 13.2. The number of ether oxygens (including phenoxy) is 2. The molecule has 0 spiro atoms. The summed E-state index contributed by atoms with van der Waals surface area (Å²) in [6.07, 6.45) is -0.410. The predicted octanol–water partition coefficient (Wildman–Crippen LogP) is 2.18. The van der Waals surface area contributed by atoms with Crippen LogP contribution >= 0.6 is 0 Å². The molecule has 0 aliphatic rings. The zero-order valence-electron chi connectivity index (χ0n) is 17.6. The zero-order chi connectivity index (χ0) is 24.1. The van der Waals surface area contributed by atoms with E-state index in [1.165, 1.54) is 0 Å². The average Bonchev–Trinajstić information content (AvgIpc) is 3.02. The third-order valence-electron chi connectivity index (χ3n) is 4.38. The van der Waals surface area contributed by atoms with Crippen LogP contribution in [0.4, 0.5) is 8.78 Å². The number of hydrogen-bond donors (Lipinski definition) is 2. The van der Waals surface area contributed by atoms with Gasteiger partial charge in [-0.15, -0.1) is 0 Å². The molecule has 0 bridgehead atoms. The first kappa shape index (κ1) is 25.1. The highest BCUT2D eigenvalue weighted by atomic mass is 32.2. The van der Waals surface area contributed by atoms with Crippen LogP contribution in [0.15, 0.2) is 23.1 Å². The lowest BCUT2D eigenvalue weighted by atomic mass is 10.1. The van der Waals surface area contributed by atoms with Crippen molar-refractivity contribution in [1.29, 1.82) is 0 Å². The summed E-state index contributed by atoms with van der Waals surface area (Å²) in [5.41, 5.74) is 1.12. The number of Topliss-reactive ketones (excluding diaryl/α,β-unsaturated/α-hetero) is 1. The molecule has 0 saturated carbocycles. The van der Waals surface area contributed by atoms with E-state index in [0.29, 0.717) is 23.4 Å². The number of aryl methyl sites for hydroxylation is 1. The molecule has 2 N–H and O–H groups in total. The number of aromatic amines is 1. The Morgan fingerprint density at radius 3 is 2.41 bits per heavy atom. The van der Waals surface area contributed by atoms with Gasteiger partial charge in [0.1, 0.15) is 0 Å². The fourth-order valence-corrected chi connectivity index (χ4v) is 3.89. The van der Waals surface area contributed by atoms with E-state index in [2.05, 4.69) is 9.71 Å². The molecule has 0 radical (unpaired) electrons. The molecule has 2 rings (SSSR count). The maximum Gasteiger partial charge on any atom is 0.340 e. The second-order valence-corrected chi connectivity index (χ2v) is 8.42. The normalized spacial score (nSPS) is 11.3. The van der Waals surface area contributed by atoms with Crippen LogP contribution < -0.4 is 4.72 Å². The number of H-pyrrole nitrogens is 1. The van der Waals surface area contributed by atoms with Crippen molar-refractivity contribution >= 4 is 27.7 Å². The molecular weight excluding hydrogens is 450 g/mol. The molecule has 0 aliphatic carbocycles. The van der Waals surface area contributed by atoms with Crippen LogP contribution in [-0.4, -0.2) is 50.9 Å². The van der Waals surface area contributed by atoms with Crippen molar-refractivity contribution in [3.8, 4) is 0 Å². The molecule has 0 fully saturated rings. The van der Waals surface area contributed by atoms with Gasteiger partial charge in [-0.05, 0) is 44.5 Å². The Balaban J connectivity index is 1.89. The minimum Gasteiger partial charge on any atom is -0.462 e. The highest BCUT2D eigenvalue weighted by molar-refractivity contribution is 7.89. The van der Waals surface area contributed by atoms with Crippen molar-refractivity contribution in [2.75, 3.05) is 19.8 Å². The second kappa shape index (κ2) is 10.5. The van der Waals surface area contributed by atoms with Gasteiger partial charge in [-0.25, -0.2) is 26.7 Å². The minimum absolute atomic E-state index is 0.0948. The van der Waals surface area contributed by atoms with Crippen LogP contribution in [0.2, 0.25) is 0 Å². The SMILES string of the molecule is CCOC(=O)c1c(C)[nH]c(C(=O)COC(=O)CCNS(=O)(=O)c2ccc(F)c(F)c2)c1C. The predicted molar refractivity (Wildman–Crippen MR) is 108 cm³/mol. The third-order valence-corrected chi connectivity index (χ3v) is 5.84. The molecule has 0 saturated heterocycles. The molecular formula is C20H22F2N2O7S. The number of rotatable bonds is 10. The monoisotopic (exact) mass is 472 g/mol. The van der Waals surface area contributed by atoms with Crippen molar-refractivity contribution in [2.24, 2.45) is 0 Å². The number of nitrogens with one attached hydrogen (secondary N) is 2. The van der Waals surface area contributed by atoms with E-state index in [9.17, 15) is 31.6 Å². The molecule has 0 atom stereocenters. The average molecular weight is 472 g/mol. The van der Waals surface area contributed by atoms with Crippen molar-refractivity contribution in [3.63, 3.8) is 0 Å². The van der Waals surface area contributed by atoms with Crippen molar-refractivity contribution in [2.45, 2.75) is 32.1 Å². The summed E-state index contributed by atoms with van der Waals surface area (Å²) >= 11 is 0. The fraction of sp³-hybridized carbons (Fsp3) is 0.350. The Kier molecular flexibility index (Phi) is 8.22. The van der Waals surface area contributed by atoms with E-state index >= 15 is 0 Å². The Labute approximate surface area is 183 Å². The van der Waals surface area contributed by atoms with Gasteiger partial charge in [0.25, 0.3) is 0 Å². The zero-order valence-corrected chi connectivity index (χ0v) is 18.4. The Morgan fingerprint density at radius 2 is 1.78 bits per heavy atom. The summed E-state index contributed by atoms with van der Waals surface area (Å²) in [5.74, 6) is -4.55. The van der Waals surface area contributed by atoms with Gasteiger partial charge in [-0.3, -0.25) is 9.59 Å². The Morgan fingerprint density at radius 1 is 1.09 bits per heavy atom. The number of esters is 2. The molecule has 1 aromatic heterocycles. The quantitative estimate of drug-likeness (QED) is 0.400. The fourth-order valence-electron chi connectivity index (χ4n) is 2.84. The van der Waals surface area contributed by atoms with Gasteiger partial charge < -0.3 is 14.5 Å². The lowest BCUT2D eigenvalue weighted by Gasteiger charge is -2.07. The largest absolute Gasteiger partial charge is 0.462 e. The summed E-state index contributed by atoms with van der Waals surface area (Å²) in [6, 6.07) is 2.06. The van der Waals surface area contributed by atoms with E-state index in [0.717, 1.165) is 6.07 Å². The topological polar surface area (TPSA) is 132 Å². The van der Waals surface area contributed by atoms with E-state index in [4.69, 9.17) is 9.47 Å². The van der Waals surface area contributed by atoms with Crippen LogP contribution in [0.3, 0.4) is 0 Å². The van der Waals surface area contributed by atoms with E-state index in [-0.39, 0.29) is 24.4 Å². The van der Waals surface area contributed by atoms with Crippen molar-refractivity contribution < 1.29 is 41.1 Å². The first-order valence-corrected chi connectivity index (χ1v) is 11.0. The second-order valence-electron chi connectivity index (χ2n) is 6.65. The number of ketones is 1. The number of carbonyl (C=O) groups excluding carboxylic acids is 3. The van der Waals surface area contributed by atoms with Crippen LogP contribution in [0, 0.1) is 25.5 Å². The first-order chi connectivity index (χ1) is 15.0. The smallest absolute Gasteiger partial charge is 0.340 e. The number of carbonyl (C=O) groups is 3. The van der Waals surface area contributed by atoms with E-state index < -0.39 is 57.3 Å². The highest BCUT2D eigenvalue weighted by Gasteiger charge is 2.23. The van der Waals surface area contributed by atoms with Gasteiger partial charge in [0.2, 0.25) is 15.8 Å². The molecule has 0 amide bonds.